The molecule has 0 aliphatic rings. The molecule has 17 heavy (non-hydrogen) atoms. The van der Waals surface area contributed by atoms with Crippen LogP contribution in [-0.4, -0.2) is 32.1 Å². The average molecular weight is 271 g/mol. The molecular weight excluding hydrogens is 258 g/mol. The Balaban J connectivity index is 2.61. The fourth-order valence-electron chi connectivity index (χ4n) is 1.54. The van der Waals surface area contributed by atoms with Crippen molar-refractivity contribution in [3.05, 3.63) is 21.6 Å². The van der Waals surface area contributed by atoms with Gasteiger partial charge in [0.25, 0.3) is 5.56 Å². The summed E-state index contributed by atoms with van der Waals surface area (Å²) in [4.78, 5) is 17.1. The van der Waals surface area contributed by atoms with Crippen LogP contribution in [0, 0.1) is 6.92 Å². The van der Waals surface area contributed by atoms with E-state index in [9.17, 15) is 4.79 Å². The lowest BCUT2D eigenvalue weighted by atomic mass is 10.2. The fourth-order valence-corrected chi connectivity index (χ4v) is 3.41. The normalized spacial score (nSPS) is 11.2. The van der Waals surface area contributed by atoms with Crippen molar-refractivity contribution in [1.29, 1.82) is 0 Å². The fraction of sp³-hybridized carbons (Fsp3) is 0.500. The Kier molecular flexibility index (Phi) is 3.80. The molecule has 0 saturated heterocycles. The monoisotopic (exact) mass is 271 g/mol. The van der Waals surface area contributed by atoms with Crippen LogP contribution in [0.5, 0.6) is 0 Å². The molecule has 2 aromatic rings. The van der Waals surface area contributed by atoms with E-state index in [0.717, 1.165) is 10.1 Å². The number of aromatic nitrogens is 3. The summed E-state index contributed by atoms with van der Waals surface area (Å²) >= 11 is 3.01. The van der Waals surface area contributed by atoms with Gasteiger partial charge in [-0.05, 0) is 12.7 Å². The number of nitrogens with zero attached hydrogens (tertiary/aromatic N) is 3. The number of aryl methyl sites for hydroxylation is 1. The Hall–Kier alpha value is -0.920. The zero-order chi connectivity index (χ0) is 12.4. The largest absolute Gasteiger partial charge is 0.396 e. The first-order valence-electron chi connectivity index (χ1n) is 5.30. The van der Waals surface area contributed by atoms with Crippen molar-refractivity contribution >= 4 is 28.1 Å². The minimum absolute atomic E-state index is 0.0511. The van der Waals surface area contributed by atoms with Crippen LogP contribution >= 0.6 is 23.1 Å². The molecule has 0 aliphatic carbocycles. The summed E-state index contributed by atoms with van der Waals surface area (Å²) in [5.74, 6) is 0.914. The van der Waals surface area contributed by atoms with Gasteiger partial charge < -0.3 is 5.11 Å². The summed E-state index contributed by atoms with van der Waals surface area (Å²) in [5.41, 5.74) is 1.06. The summed E-state index contributed by atoms with van der Waals surface area (Å²) in [5, 5.41) is 13.2. The first-order chi connectivity index (χ1) is 8.17. The number of rotatable bonds is 4. The van der Waals surface area contributed by atoms with Gasteiger partial charge in [0, 0.05) is 24.3 Å². The van der Waals surface area contributed by atoms with Crippen molar-refractivity contribution in [2.45, 2.75) is 24.6 Å². The lowest BCUT2D eigenvalue weighted by Crippen LogP contribution is -2.22. The van der Waals surface area contributed by atoms with E-state index in [2.05, 4.69) is 10.1 Å². The third kappa shape index (κ3) is 2.36. The minimum atomic E-state index is -0.166. The minimum Gasteiger partial charge on any atom is -0.396 e. The molecule has 0 saturated carbocycles. The summed E-state index contributed by atoms with van der Waals surface area (Å²) in [6, 6.07) is 0. The van der Waals surface area contributed by atoms with Crippen molar-refractivity contribution in [2.75, 3.05) is 12.4 Å². The number of thioether (sulfide) groups is 1. The molecule has 5 nitrogen and oxygen atoms in total. The average Bonchev–Trinajstić information content (AvgIpc) is 2.67. The Morgan fingerprint density at radius 1 is 1.53 bits per heavy atom. The van der Waals surface area contributed by atoms with Gasteiger partial charge >= 0.3 is 0 Å². The molecular formula is C10H13N3O2S2. The highest BCUT2D eigenvalue weighted by Gasteiger charge is 2.13. The second-order valence-electron chi connectivity index (χ2n) is 3.45. The maximum Gasteiger partial charge on any atom is 0.278 e. The second kappa shape index (κ2) is 5.16. The van der Waals surface area contributed by atoms with Crippen molar-refractivity contribution < 1.29 is 5.11 Å². The number of aliphatic hydroxyl groups excluding tert-OH is 1. The van der Waals surface area contributed by atoms with Gasteiger partial charge in [0.15, 0.2) is 4.34 Å². The molecule has 2 aromatic heterocycles. The van der Waals surface area contributed by atoms with Gasteiger partial charge in [-0.2, -0.15) is 4.52 Å². The number of fused-ring (bicyclic) bond motifs is 1. The van der Waals surface area contributed by atoms with Gasteiger partial charge in [-0.25, -0.2) is 4.98 Å². The third-order valence-electron chi connectivity index (χ3n) is 2.32. The van der Waals surface area contributed by atoms with E-state index in [-0.39, 0.29) is 12.2 Å². The van der Waals surface area contributed by atoms with E-state index in [1.54, 1.807) is 18.7 Å². The van der Waals surface area contributed by atoms with Crippen LogP contribution in [0.15, 0.2) is 9.13 Å². The van der Waals surface area contributed by atoms with E-state index < -0.39 is 0 Å². The van der Waals surface area contributed by atoms with Crippen molar-refractivity contribution in [2.24, 2.45) is 0 Å². The van der Waals surface area contributed by atoms with Gasteiger partial charge in [-0.15, -0.1) is 5.10 Å². The molecule has 0 bridgehead atoms. The first kappa shape index (κ1) is 12.5. The highest BCUT2D eigenvalue weighted by molar-refractivity contribution is 8.01. The van der Waals surface area contributed by atoms with Crippen LogP contribution < -0.4 is 5.56 Å². The van der Waals surface area contributed by atoms with Crippen molar-refractivity contribution in [3.63, 3.8) is 0 Å². The molecule has 0 radical (unpaired) electrons. The topological polar surface area (TPSA) is 67.5 Å². The molecule has 0 spiro atoms. The van der Waals surface area contributed by atoms with E-state index in [1.807, 2.05) is 6.92 Å². The summed E-state index contributed by atoms with van der Waals surface area (Å²) in [7, 11) is 0. The molecule has 0 unspecified atom stereocenters. The smallest absolute Gasteiger partial charge is 0.278 e. The van der Waals surface area contributed by atoms with Crippen LogP contribution in [0.4, 0.5) is 0 Å². The predicted octanol–water partition coefficient (Wildman–Crippen LogP) is 1.11. The summed E-state index contributed by atoms with van der Waals surface area (Å²) in [6.07, 6.45) is 0.328. The maximum absolute atomic E-state index is 12.1. The van der Waals surface area contributed by atoms with Crippen LogP contribution in [-0.2, 0) is 6.42 Å². The molecule has 0 atom stereocenters. The van der Waals surface area contributed by atoms with Gasteiger partial charge in [-0.1, -0.05) is 30.0 Å². The summed E-state index contributed by atoms with van der Waals surface area (Å²) in [6.45, 7) is 3.78. The van der Waals surface area contributed by atoms with E-state index in [0.29, 0.717) is 22.6 Å². The lowest BCUT2D eigenvalue weighted by Gasteiger charge is -2.01. The molecule has 7 heteroatoms. The first-order valence-corrected chi connectivity index (χ1v) is 7.10. The Labute approximate surface area is 107 Å². The van der Waals surface area contributed by atoms with E-state index in [1.165, 1.54) is 15.9 Å². The van der Waals surface area contributed by atoms with Crippen LogP contribution in [0.25, 0.3) is 4.96 Å². The van der Waals surface area contributed by atoms with Gasteiger partial charge in [0.1, 0.15) is 0 Å². The number of hydrogen-bond acceptors (Lipinski definition) is 6. The molecule has 0 aromatic carbocycles. The zero-order valence-corrected chi connectivity index (χ0v) is 11.3. The predicted molar refractivity (Wildman–Crippen MR) is 69.1 cm³/mol. The van der Waals surface area contributed by atoms with Gasteiger partial charge in [-0.3, -0.25) is 4.79 Å². The molecule has 2 heterocycles. The van der Waals surface area contributed by atoms with E-state index in [4.69, 9.17) is 5.11 Å². The van der Waals surface area contributed by atoms with Gasteiger partial charge in [0.05, 0.1) is 0 Å². The molecule has 2 rings (SSSR count). The van der Waals surface area contributed by atoms with Gasteiger partial charge in [0.2, 0.25) is 4.96 Å². The zero-order valence-electron chi connectivity index (χ0n) is 9.63. The molecule has 0 fully saturated rings. The third-order valence-corrected chi connectivity index (χ3v) is 4.25. The van der Waals surface area contributed by atoms with Crippen LogP contribution in [0.3, 0.4) is 0 Å². The maximum atomic E-state index is 12.1. The molecule has 0 amide bonds. The Morgan fingerprint density at radius 3 is 2.94 bits per heavy atom. The number of hydrogen-bond donors (Lipinski definition) is 1. The highest BCUT2D eigenvalue weighted by Crippen LogP contribution is 2.23. The standard InChI is InChI=1S/C10H13N3O2S2/c1-3-16-10-12-13-8(15)7(4-5-14)6(2)11-9(13)17-10/h14H,3-5H2,1-2H3. The van der Waals surface area contributed by atoms with E-state index >= 15 is 0 Å². The van der Waals surface area contributed by atoms with Crippen LogP contribution in [0.1, 0.15) is 18.2 Å². The highest BCUT2D eigenvalue weighted by atomic mass is 32.2. The van der Waals surface area contributed by atoms with Crippen molar-refractivity contribution in [1.82, 2.24) is 14.6 Å². The number of aliphatic hydroxyl groups is 1. The quantitative estimate of drug-likeness (QED) is 0.844. The lowest BCUT2D eigenvalue weighted by molar-refractivity contribution is 0.298. The molecule has 1 N–H and O–H groups in total. The summed E-state index contributed by atoms with van der Waals surface area (Å²) < 4.78 is 2.18. The van der Waals surface area contributed by atoms with Crippen LogP contribution in [0.2, 0.25) is 0 Å². The molecule has 92 valence electrons. The second-order valence-corrected chi connectivity index (χ2v) is 5.92. The Bertz CT molecular complexity index is 591. The SMILES string of the molecule is CCSc1nn2c(=O)c(CCO)c(C)nc2s1. The van der Waals surface area contributed by atoms with Crippen molar-refractivity contribution in [3.8, 4) is 0 Å². The molecule has 0 aliphatic heterocycles. The Morgan fingerprint density at radius 2 is 2.29 bits per heavy atom.